The van der Waals surface area contributed by atoms with Gasteiger partial charge in [0.2, 0.25) is 0 Å². The molecule has 4 heteroatoms. The third kappa shape index (κ3) is 2.47. The highest BCUT2D eigenvalue weighted by Crippen LogP contribution is 2.22. The van der Waals surface area contributed by atoms with Gasteiger partial charge in [0.25, 0.3) is 0 Å². The van der Waals surface area contributed by atoms with Crippen LogP contribution in [0.15, 0.2) is 24.3 Å². The zero-order valence-electron chi connectivity index (χ0n) is 8.43. The van der Waals surface area contributed by atoms with Crippen LogP contribution in [-0.4, -0.2) is 12.6 Å². The fraction of sp³-hybridized carbons (Fsp3) is 0.273. The van der Waals surface area contributed by atoms with Crippen LogP contribution in [0.5, 0.6) is 0 Å². The molecule has 1 atom stereocenters. The number of para-hydroxylation sites is 1. The van der Waals surface area contributed by atoms with Crippen LogP contribution in [0.1, 0.15) is 18.4 Å². The van der Waals surface area contributed by atoms with E-state index in [0.29, 0.717) is 11.3 Å². The van der Waals surface area contributed by atoms with Gasteiger partial charge in [0.1, 0.15) is 0 Å². The predicted molar refractivity (Wildman–Crippen MR) is 55.8 cm³/mol. The second kappa shape index (κ2) is 5.01. The summed E-state index contributed by atoms with van der Waals surface area (Å²) >= 11 is 0. The van der Waals surface area contributed by atoms with Crippen LogP contribution < -0.4 is 5.73 Å². The zero-order chi connectivity index (χ0) is 11.3. The molecule has 0 aliphatic rings. The number of nitrogens with two attached hydrogens (primary N) is 1. The predicted octanol–water partition coefficient (Wildman–Crippen LogP) is 1.44. The first-order valence-corrected chi connectivity index (χ1v) is 4.61. The average Bonchev–Trinajstić information content (AvgIpc) is 2.22. The van der Waals surface area contributed by atoms with Crippen molar-refractivity contribution in [1.82, 2.24) is 0 Å². The molecule has 0 aliphatic carbocycles. The summed E-state index contributed by atoms with van der Waals surface area (Å²) in [6.07, 6.45) is 0. The first-order chi connectivity index (χ1) is 7.20. The minimum atomic E-state index is -0.939. The third-order valence-corrected chi connectivity index (χ3v) is 1.96. The maximum atomic E-state index is 11.4. The van der Waals surface area contributed by atoms with Gasteiger partial charge in [-0.15, -0.1) is 0 Å². The topological polar surface area (TPSA) is 76.1 Å². The van der Waals surface area contributed by atoms with Gasteiger partial charge >= 0.3 is 5.97 Å². The normalized spacial score (nSPS) is 11.5. The Kier molecular flexibility index (Phi) is 3.69. The van der Waals surface area contributed by atoms with Gasteiger partial charge in [-0.05, 0) is 13.0 Å². The molecule has 15 heavy (non-hydrogen) atoms. The van der Waals surface area contributed by atoms with Crippen LogP contribution in [0.4, 0.5) is 5.69 Å². The zero-order valence-corrected chi connectivity index (χ0v) is 8.43. The van der Waals surface area contributed by atoms with Gasteiger partial charge < -0.3 is 10.5 Å². The number of ether oxygens (including phenoxy) is 1. The molecule has 0 bridgehead atoms. The van der Waals surface area contributed by atoms with Gasteiger partial charge in [0, 0.05) is 11.3 Å². The molecule has 0 radical (unpaired) electrons. The monoisotopic (exact) mass is 204 g/mol. The van der Waals surface area contributed by atoms with E-state index in [9.17, 15) is 4.79 Å². The van der Waals surface area contributed by atoms with E-state index in [1.165, 1.54) is 0 Å². The molecule has 0 spiro atoms. The minimum Gasteiger partial charge on any atom is -0.465 e. The lowest BCUT2D eigenvalue weighted by molar-refractivity contribution is -0.143. The number of hydrogen-bond acceptors (Lipinski definition) is 4. The molecule has 1 unspecified atom stereocenters. The Hall–Kier alpha value is -2.02. The number of benzene rings is 1. The molecule has 0 fully saturated rings. The van der Waals surface area contributed by atoms with E-state index in [1.54, 1.807) is 31.2 Å². The highest BCUT2D eigenvalue weighted by molar-refractivity contribution is 5.83. The maximum Gasteiger partial charge on any atom is 0.327 e. The largest absolute Gasteiger partial charge is 0.465 e. The summed E-state index contributed by atoms with van der Waals surface area (Å²) in [5.41, 5.74) is 6.60. The standard InChI is InChI=1S/C11H12N2O2/c1-2-15-11(14)9(7-12)8-5-3-4-6-10(8)13/h3-6,9H,2,13H2,1H3. The summed E-state index contributed by atoms with van der Waals surface area (Å²) < 4.78 is 4.79. The number of carbonyl (C=O) groups excluding carboxylic acids is 1. The Labute approximate surface area is 88.3 Å². The van der Waals surface area contributed by atoms with E-state index in [-0.39, 0.29) is 6.61 Å². The van der Waals surface area contributed by atoms with E-state index in [2.05, 4.69) is 0 Å². The number of esters is 1. The van der Waals surface area contributed by atoms with Crippen molar-refractivity contribution in [2.24, 2.45) is 0 Å². The third-order valence-electron chi connectivity index (χ3n) is 1.96. The van der Waals surface area contributed by atoms with Gasteiger partial charge in [-0.25, -0.2) is 0 Å². The smallest absolute Gasteiger partial charge is 0.327 e. The van der Waals surface area contributed by atoms with E-state index in [1.807, 2.05) is 6.07 Å². The molecular formula is C11H12N2O2. The minimum absolute atomic E-state index is 0.254. The first-order valence-electron chi connectivity index (χ1n) is 4.61. The Morgan fingerprint density at radius 3 is 2.80 bits per heavy atom. The quantitative estimate of drug-likeness (QED) is 0.597. The summed E-state index contributed by atoms with van der Waals surface area (Å²) in [4.78, 5) is 11.4. The SMILES string of the molecule is CCOC(=O)C(C#N)c1ccccc1N. The Balaban J connectivity index is 2.99. The second-order valence-corrected chi connectivity index (χ2v) is 2.94. The molecule has 78 valence electrons. The lowest BCUT2D eigenvalue weighted by atomic mass is 9.99. The lowest BCUT2D eigenvalue weighted by Crippen LogP contribution is -2.15. The molecule has 0 aliphatic heterocycles. The summed E-state index contributed by atoms with van der Waals surface area (Å²) in [6, 6.07) is 8.67. The van der Waals surface area contributed by atoms with Crippen LogP contribution in [0, 0.1) is 11.3 Å². The van der Waals surface area contributed by atoms with E-state index < -0.39 is 11.9 Å². The van der Waals surface area contributed by atoms with Crippen molar-refractivity contribution < 1.29 is 9.53 Å². The molecule has 4 nitrogen and oxygen atoms in total. The molecule has 2 N–H and O–H groups in total. The van der Waals surface area contributed by atoms with Crippen LogP contribution in [0.2, 0.25) is 0 Å². The first kappa shape index (κ1) is 11.1. The van der Waals surface area contributed by atoms with Gasteiger partial charge in [0.05, 0.1) is 12.7 Å². The molecule has 0 saturated carbocycles. The van der Waals surface area contributed by atoms with E-state index in [4.69, 9.17) is 15.7 Å². The Morgan fingerprint density at radius 2 is 2.27 bits per heavy atom. The number of nitrogens with zero attached hydrogens (tertiary/aromatic N) is 1. The second-order valence-electron chi connectivity index (χ2n) is 2.94. The fourth-order valence-electron chi connectivity index (χ4n) is 1.25. The summed E-state index contributed by atoms with van der Waals surface area (Å²) in [6.45, 7) is 1.95. The van der Waals surface area contributed by atoms with Crippen molar-refractivity contribution in [3.05, 3.63) is 29.8 Å². The molecule has 0 heterocycles. The number of anilines is 1. The van der Waals surface area contributed by atoms with Crippen LogP contribution >= 0.6 is 0 Å². The molecular weight excluding hydrogens is 192 g/mol. The number of carbonyl (C=O) groups is 1. The van der Waals surface area contributed by atoms with Crippen LogP contribution in [0.3, 0.4) is 0 Å². The van der Waals surface area contributed by atoms with Crippen LogP contribution in [-0.2, 0) is 9.53 Å². The molecule has 0 amide bonds. The van der Waals surface area contributed by atoms with Crippen molar-refractivity contribution in [1.29, 1.82) is 5.26 Å². The number of hydrogen-bond donors (Lipinski definition) is 1. The average molecular weight is 204 g/mol. The van der Waals surface area contributed by atoms with Gasteiger partial charge in [0.15, 0.2) is 5.92 Å². The van der Waals surface area contributed by atoms with Crippen molar-refractivity contribution >= 4 is 11.7 Å². The maximum absolute atomic E-state index is 11.4. The molecule has 1 aromatic rings. The van der Waals surface area contributed by atoms with Crippen molar-refractivity contribution in [2.45, 2.75) is 12.8 Å². The number of nitrogen functional groups attached to an aromatic ring is 1. The molecule has 1 rings (SSSR count). The number of nitriles is 1. The molecule has 0 saturated heterocycles. The summed E-state index contributed by atoms with van der Waals surface area (Å²) in [7, 11) is 0. The Morgan fingerprint density at radius 1 is 1.60 bits per heavy atom. The number of rotatable bonds is 3. The fourth-order valence-corrected chi connectivity index (χ4v) is 1.25. The van der Waals surface area contributed by atoms with E-state index >= 15 is 0 Å². The van der Waals surface area contributed by atoms with Crippen molar-refractivity contribution in [3.63, 3.8) is 0 Å². The van der Waals surface area contributed by atoms with Gasteiger partial charge in [-0.2, -0.15) is 5.26 Å². The van der Waals surface area contributed by atoms with Crippen LogP contribution in [0.25, 0.3) is 0 Å². The molecule has 0 aromatic heterocycles. The van der Waals surface area contributed by atoms with Gasteiger partial charge in [-0.1, -0.05) is 18.2 Å². The summed E-state index contributed by atoms with van der Waals surface area (Å²) in [5.74, 6) is -1.50. The Bertz CT molecular complexity index is 396. The van der Waals surface area contributed by atoms with Crippen molar-refractivity contribution in [3.8, 4) is 6.07 Å². The van der Waals surface area contributed by atoms with Crippen molar-refractivity contribution in [2.75, 3.05) is 12.3 Å². The van der Waals surface area contributed by atoms with Gasteiger partial charge in [-0.3, -0.25) is 4.79 Å². The van der Waals surface area contributed by atoms with E-state index in [0.717, 1.165) is 0 Å². The highest BCUT2D eigenvalue weighted by atomic mass is 16.5. The lowest BCUT2D eigenvalue weighted by Gasteiger charge is -2.10. The molecule has 1 aromatic carbocycles. The summed E-state index contributed by atoms with van der Waals surface area (Å²) in [5, 5.41) is 8.89. The highest BCUT2D eigenvalue weighted by Gasteiger charge is 2.23.